The van der Waals surface area contributed by atoms with Crippen LogP contribution in [-0.2, 0) is 11.8 Å². The van der Waals surface area contributed by atoms with Crippen molar-refractivity contribution in [3.63, 3.8) is 0 Å². The number of β-amino-alcohol motifs (C(OH)–C–C–N with tert-alkyl or cyclic N) is 1. The molecule has 32 heavy (non-hydrogen) atoms. The molecule has 0 spiro atoms. The van der Waals surface area contributed by atoms with Crippen LogP contribution in [0.25, 0.3) is 5.70 Å². The summed E-state index contributed by atoms with van der Waals surface area (Å²) in [5, 5.41) is 10.5. The first-order valence-electron chi connectivity index (χ1n) is 10.5. The van der Waals surface area contributed by atoms with Gasteiger partial charge in [0.1, 0.15) is 5.67 Å². The van der Waals surface area contributed by atoms with E-state index in [-0.39, 0.29) is 43.9 Å². The lowest BCUT2D eigenvalue weighted by molar-refractivity contribution is -0.137. The van der Waals surface area contributed by atoms with Gasteiger partial charge < -0.3 is 10.0 Å². The van der Waals surface area contributed by atoms with Crippen LogP contribution in [0.4, 0.5) is 17.6 Å². The molecule has 2 aromatic rings. The van der Waals surface area contributed by atoms with Crippen molar-refractivity contribution in [1.29, 1.82) is 0 Å². The van der Waals surface area contributed by atoms with Crippen molar-refractivity contribution in [2.24, 2.45) is 0 Å². The number of carbonyl (C=O) groups is 1. The SMILES string of the molecule is C=C1c2ccccc2C(=O)N1CCC(O)CN1CCC(F)(c2cccc(C(F)(F)F)c2)C1. The lowest BCUT2D eigenvalue weighted by Crippen LogP contribution is -2.35. The van der Waals surface area contributed by atoms with Gasteiger partial charge in [-0.05, 0) is 36.6 Å². The summed E-state index contributed by atoms with van der Waals surface area (Å²) in [6, 6.07) is 11.5. The Morgan fingerprint density at radius 1 is 1.12 bits per heavy atom. The molecular weight excluding hydrogens is 424 g/mol. The van der Waals surface area contributed by atoms with E-state index in [1.807, 2.05) is 12.1 Å². The number of hydrogen-bond acceptors (Lipinski definition) is 3. The molecule has 4 nitrogen and oxygen atoms in total. The molecule has 2 atom stereocenters. The Balaban J connectivity index is 1.33. The normalized spacial score (nSPS) is 22.5. The van der Waals surface area contributed by atoms with Gasteiger partial charge in [-0.15, -0.1) is 0 Å². The predicted molar refractivity (Wildman–Crippen MR) is 112 cm³/mol. The zero-order valence-corrected chi connectivity index (χ0v) is 17.4. The molecule has 0 bridgehead atoms. The third kappa shape index (κ3) is 4.29. The molecule has 0 radical (unpaired) electrons. The fourth-order valence-corrected chi connectivity index (χ4v) is 4.45. The molecule has 0 aliphatic carbocycles. The number of fused-ring (bicyclic) bond motifs is 1. The number of rotatable bonds is 6. The first-order valence-corrected chi connectivity index (χ1v) is 10.5. The highest BCUT2D eigenvalue weighted by Gasteiger charge is 2.42. The largest absolute Gasteiger partial charge is 0.416 e. The molecule has 170 valence electrons. The Morgan fingerprint density at radius 2 is 1.84 bits per heavy atom. The number of halogens is 4. The second kappa shape index (κ2) is 8.33. The van der Waals surface area contributed by atoms with E-state index in [9.17, 15) is 23.1 Å². The Hall–Kier alpha value is -2.71. The zero-order valence-electron chi connectivity index (χ0n) is 17.4. The number of hydrogen-bond donors (Lipinski definition) is 1. The van der Waals surface area contributed by atoms with Crippen molar-refractivity contribution >= 4 is 11.6 Å². The van der Waals surface area contributed by atoms with Crippen molar-refractivity contribution in [2.45, 2.75) is 30.8 Å². The van der Waals surface area contributed by atoms with Gasteiger partial charge in [-0.2, -0.15) is 13.2 Å². The molecule has 8 heteroatoms. The summed E-state index contributed by atoms with van der Waals surface area (Å²) in [6.45, 7) is 4.65. The molecule has 1 fully saturated rings. The van der Waals surface area contributed by atoms with Crippen LogP contribution >= 0.6 is 0 Å². The van der Waals surface area contributed by atoms with Crippen LogP contribution in [0, 0.1) is 0 Å². The summed E-state index contributed by atoms with van der Waals surface area (Å²) >= 11 is 0. The van der Waals surface area contributed by atoms with Crippen LogP contribution < -0.4 is 0 Å². The summed E-state index contributed by atoms with van der Waals surface area (Å²) in [7, 11) is 0. The Labute approximate surface area is 183 Å². The van der Waals surface area contributed by atoms with Gasteiger partial charge in [0.2, 0.25) is 0 Å². The molecule has 2 unspecified atom stereocenters. The van der Waals surface area contributed by atoms with E-state index < -0.39 is 23.5 Å². The zero-order chi connectivity index (χ0) is 23.1. The van der Waals surface area contributed by atoms with E-state index in [0.717, 1.165) is 17.7 Å². The third-order valence-electron chi connectivity index (χ3n) is 6.20. The van der Waals surface area contributed by atoms with Crippen LogP contribution in [0.15, 0.2) is 55.1 Å². The average Bonchev–Trinajstić information content (AvgIpc) is 3.25. The van der Waals surface area contributed by atoms with E-state index >= 15 is 4.39 Å². The molecule has 1 N–H and O–H groups in total. The smallest absolute Gasteiger partial charge is 0.392 e. The molecule has 4 rings (SSSR count). The van der Waals surface area contributed by atoms with Gasteiger partial charge in [-0.25, -0.2) is 4.39 Å². The first-order chi connectivity index (χ1) is 15.1. The highest BCUT2D eigenvalue weighted by Crippen LogP contribution is 2.39. The number of carbonyl (C=O) groups excluding carboxylic acids is 1. The van der Waals surface area contributed by atoms with Crippen molar-refractivity contribution in [3.05, 3.63) is 77.4 Å². The number of benzene rings is 2. The summed E-state index contributed by atoms with van der Waals surface area (Å²) in [4.78, 5) is 15.8. The lowest BCUT2D eigenvalue weighted by Gasteiger charge is -2.25. The topological polar surface area (TPSA) is 43.8 Å². The third-order valence-corrected chi connectivity index (χ3v) is 6.20. The van der Waals surface area contributed by atoms with Crippen LogP contribution in [-0.4, -0.2) is 53.1 Å². The van der Waals surface area contributed by atoms with Crippen molar-refractivity contribution in [2.75, 3.05) is 26.2 Å². The summed E-state index contributed by atoms with van der Waals surface area (Å²) < 4.78 is 54.4. The fraction of sp³-hybridized carbons (Fsp3) is 0.375. The lowest BCUT2D eigenvalue weighted by atomic mass is 9.93. The highest BCUT2D eigenvalue weighted by molar-refractivity contribution is 6.08. The molecule has 0 saturated carbocycles. The van der Waals surface area contributed by atoms with Gasteiger partial charge in [0, 0.05) is 43.0 Å². The molecule has 2 aromatic carbocycles. The van der Waals surface area contributed by atoms with Crippen LogP contribution in [0.5, 0.6) is 0 Å². The van der Waals surface area contributed by atoms with Crippen molar-refractivity contribution in [1.82, 2.24) is 9.80 Å². The second-order valence-electron chi connectivity index (χ2n) is 8.42. The Morgan fingerprint density at radius 3 is 2.53 bits per heavy atom. The average molecular weight is 448 g/mol. The van der Waals surface area contributed by atoms with Gasteiger partial charge in [-0.1, -0.05) is 36.9 Å². The van der Waals surface area contributed by atoms with Crippen molar-refractivity contribution in [3.8, 4) is 0 Å². The molecule has 2 heterocycles. The highest BCUT2D eigenvalue weighted by atomic mass is 19.4. The molecule has 2 aliphatic rings. The summed E-state index contributed by atoms with van der Waals surface area (Å²) in [5.41, 5.74) is -0.832. The second-order valence-corrected chi connectivity index (χ2v) is 8.42. The van der Waals surface area contributed by atoms with Gasteiger partial charge in [0.15, 0.2) is 0 Å². The predicted octanol–water partition coefficient (Wildman–Crippen LogP) is 4.45. The number of alkyl halides is 4. The Bertz CT molecular complexity index is 1000. The molecule has 1 amide bonds. The van der Waals surface area contributed by atoms with Crippen LogP contribution in [0.1, 0.15) is 39.9 Å². The first kappa shape index (κ1) is 22.5. The van der Waals surface area contributed by atoms with Crippen LogP contribution in [0.3, 0.4) is 0 Å². The van der Waals surface area contributed by atoms with Crippen LogP contribution in [0.2, 0.25) is 0 Å². The van der Waals surface area contributed by atoms with E-state index in [4.69, 9.17) is 0 Å². The number of amides is 1. The minimum atomic E-state index is -4.53. The van der Waals surface area contributed by atoms with E-state index in [1.165, 1.54) is 17.0 Å². The van der Waals surface area contributed by atoms with E-state index in [0.29, 0.717) is 17.8 Å². The van der Waals surface area contributed by atoms with Gasteiger partial charge >= 0.3 is 6.18 Å². The van der Waals surface area contributed by atoms with E-state index in [2.05, 4.69) is 6.58 Å². The summed E-state index contributed by atoms with van der Waals surface area (Å²) in [6.07, 6.45) is -5.02. The molecule has 0 aromatic heterocycles. The molecular formula is C24H24F4N2O2. The number of nitrogens with zero attached hydrogens (tertiary/aromatic N) is 2. The molecule has 2 aliphatic heterocycles. The number of aliphatic hydroxyl groups excluding tert-OH is 1. The van der Waals surface area contributed by atoms with Gasteiger partial charge in [0.05, 0.1) is 11.7 Å². The minimum absolute atomic E-state index is 0.000965. The van der Waals surface area contributed by atoms with Crippen molar-refractivity contribution < 1.29 is 27.5 Å². The van der Waals surface area contributed by atoms with Gasteiger partial charge in [0.25, 0.3) is 5.91 Å². The maximum Gasteiger partial charge on any atom is 0.416 e. The summed E-state index contributed by atoms with van der Waals surface area (Å²) in [5.74, 6) is -0.161. The Kier molecular flexibility index (Phi) is 5.85. The standard InChI is InChI=1S/C24H24F4N2O2/c1-16-20-7-2-3-8-21(20)22(32)30(16)11-9-19(31)14-29-12-10-23(25,15-29)17-5-4-6-18(13-17)24(26,27)28/h2-8,13,19,31H,1,9-12,14-15H2. The van der Waals surface area contributed by atoms with Gasteiger partial charge in [-0.3, -0.25) is 9.69 Å². The maximum atomic E-state index is 15.4. The minimum Gasteiger partial charge on any atom is -0.392 e. The maximum absolute atomic E-state index is 15.4. The number of likely N-dealkylation sites (tertiary alicyclic amines) is 1. The quantitative estimate of drug-likeness (QED) is 0.664. The number of aliphatic hydroxyl groups is 1. The molecule has 1 saturated heterocycles. The fourth-order valence-electron chi connectivity index (χ4n) is 4.45. The monoisotopic (exact) mass is 448 g/mol. The van der Waals surface area contributed by atoms with E-state index in [1.54, 1.807) is 17.0 Å².